The quantitative estimate of drug-likeness (QED) is 0.831. The molecule has 2 saturated carbocycles. The molecule has 0 spiro atoms. The van der Waals surface area contributed by atoms with Gasteiger partial charge in [-0.15, -0.1) is 0 Å². The molecule has 1 aromatic rings. The van der Waals surface area contributed by atoms with Crippen LogP contribution in [-0.2, 0) is 11.8 Å². The van der Waals surface area contributed by atoms with Crippen molar-refractivity contribution in [3.8, 4) is 5.75 Å². The molecule has 3 fully saturated rings. The first-order valence-electron chi connectivity index (χ1n) is 9.73. The van der Waals surface area contributed by atoms with Gasteiger partial charge in [-0.05, 0) is 87.2 Å². The number of rotatable bonds is 3. The van der Waals surface area contributed by atoms with E-state index in [1.54, 1.807) is 11.1 Å². The number of fused-ring (bicyclic) bond motifs is 1. The lowest BCUT2D eigenvalue weighted by Crippen LogP contribution is -2.59. The predicted octanol–water partition coefficient (Wildman–Crippen LogP) is 4.16. The summed E-state index contributed by atoms with van der Waals surface area (Å²) in [5.74, 6) is 2.84. The minimum atomic E-state index is 0.460. The Kier molecular flexibility index (Phi) is 3.27. The van der Waals surface area contributed by atoms with Gasteiger partial charge in [0, 0.05) is 11.5 Å². The lowest BCUT2D eigenvalue weighted by molar-refractivity contribution is 0.00270. The molecule has 4 aliphatic rings. The number of hydrogen-bond donors (Lipinski definition) is 0. The van der Waals surface area contributed by atoms with E-state index in [-0.39, 0.29) is 0 Å². The molecule has 2 bridgehead atoms. The first-order chi connectivity index (χ1) is 11.3. The lowest BCUT2D eigenvalue weighted by atomic mass is 9.52. The van der Waals surface area contributed by atoms with Crippen molar-refractivity contribution < 1.29 is 4.74 Å². The summed E-state index contributed by atoms with van der Waals surface area (Å²) >= 11 is 0. The van der Waals surface area contributed by atoms with E-state index in [9.17, 15) is 0 Å². The fraction of sp³-hybridized carbons (Fsp3) is 0.714. The van der Waals surface area contributed by atoms with Crippen molar-refractivity contribution in [2.45, 2.75) is 62.8 Å². The molecule has 1 aromatic carbocycles. The maximum atomic E-state index is 6.12. The fourth-order valence-corrected chi connectivity index (χ4v) is 5.76. The first kappa shape index (κ1) is 14.3. The number of likely N-dealkylation sites (tertiary alicyclic amines) is 1. The average Bonchev–Trinajstić information content (AvgIpc) is 3.41. The first-order valence-corrected chi connectivity index (χ1v) is 9.73. The van der Waals surface area contributed by atoms with Crippen molar-refractivity contribution in [1.82, 2.24) is 4.90 Å². The van der Waals surface area contributed by atoms with Crippen LogP contribution in [0.5, 0.6) is 5.75 Å². The van der Waals surface area contributed by atoms with Crippen molar-refractivity contribution in [2.75, 3.05) is 20.2 Å². The van der Waals surface area contributed by atoms with Crippen LogP contribution in [0.2, 0.25) is 0 Å². The third-order valence-electron chi connectivity index (χ3n) is 7.27. The summed E-state index contributed by atoms with van der Waals surface area (Å²) in [6.07, 6.45) is 11.0. The van der Waals surface area contributed by atoms with E-state index in [1.807, 2.05) is 0 Å². The molecule has 1 saturated heterocycles. The highest BCUT2D eigenvalue weighted by atomic mass is 16.5. The lowest BCUT2D eigenvalue weighted by Gasteiger charge is -2.58. The highest BCUT2D eigenvalue weighted by molar-refractivity contribution is 5.45. The van der Waals surface area contributed by atoms with Crippen molar-refractivity contribution in [2.24, 2.45) is 11.8 Å². The van der Waals surface area contributed by atoms with Crippen LogP contribution in [0.3, 0.4) is 0 Å². The topological polar surface area (TPSA) is 12.5 Å². The van der Waals surface area contributed by atoms with Crippen molar-refractivity contribution in [3.05, 3.63) is 29.3 Å². The second kappa shape index (κ2) is 5.24. The second-order valence-corrected chi connectivity index (χ2v) is 8.58. The van der Waals surface area contributed by atoms with Crippen LogP contribution in [0, 0.1) is 11.8 Å². The summed E-state index contributed by atoms with van der Waals surface area (Å²) in [5, 5.41) is 0. The summed E-state index contributed by atoms with van der Waals surface area (Å²) in [6.45, 7) is 2.20. The molecule has 3 aliphatic carbocycles. The van der Waals surface area contributed by atoms with Gasteiger partial charge in [0.05, 0.1) is 6.61 Å². The van der Waals surface area contributed by atoms with E-state index in [1.165, 1.54) is 57.9 Å². The van der Waals surface area contributed by atoms with Gasteiger partial charge in [0.25, 0.3) is 0 Å². The van der Waals surface area contributed by atoms with Crippen molar-refractivity contribution in [1.29, 1.82) is 0 Å². The number of benzene rings is 1. The zero-order chi connectivity index (χ0) is 15.4. The molecule has 2 nitrogen and oxygen atoms in total. The predicted molar refractivity (Wildman–Crippen MR) is 93.0 cm³/mol. The molecule has 0 N–H and O–H groups in total. The Morgan fingerprint density at radius 1 is 1.17 bits per heavy atom. The molecule has 5 rings (SSSR count). The minimum Gasteiger partial charge on any atom is -0.493 e. The molecule has 1 heterocycles. The summed E-state index contributed by atoms with van der Waals surface area (Å²) in [5.41, 5.74) is 3.74. The molecule has 23 heavy (non-hydrogen) atoms. The largest absolute Gasteiger partial charge is 0.493 e. The van der Waals surface area contributed by atoms with Crippen molar-refractivity contribution in [3.63, 3.8) is 0 Å². The second-order valence-electron chi connectivity index (χ2n) is 8.58. The molecular weight excluding hydrogens is 282 g/mol. The SMILES string of the molecule is CN1CC[C@]23CCCC[C@H]2[C@@H]1Cc1ccc(OCC2CC2)cc13. The third-order valence-corrected chi connectivity index (χ3v) is 7.27. The molecule has 1 aliphatic heterocycles. The van der Waals surface area contributed by atoms with Gasteiger partial charge in [-0.25, -0.2) is 0 Å². The van der Waals surface area contributed by atoms with Crippen LogP contribution < -0.4 is 4.74 Å². The van der Waals surface area contributed by atoms with Crippen LogP contribution in [0.15, 0.2) is 18.2 Å². The van der Waals surface area contributed by atoms with Gasteiger partial charge in [-0.1, -0.05) is 18.9 Å². The Morgan fingerprint density at radius 2 is 2.09 bits per heavy atom. The summed E-state index contributed by atoms with van der Waals surface area (Å²) < 4.78 is 6.12. The number of piperidine rings is 1. The zero-order valence-corrected chi connectivity index (χ0v) is 14.4. The molecule has 0 radical (unpaired) electrons. The molecule has 2 heteroatoms. The third kappa shape index (κ3) is 2.25. The summed E-state index contributed by atoms with van der Waals surface area (Å²) in [4.78, 5) is 2.65. The van der Waals surface area contributed by atoms with Gasteiger partial charge in [-0.3, -0.25) is 0 Å². The fourth-order valence-electron chi connectivity index (χ4n) is 5.76. The maximum absolute atomic E-state index is 6.12. The standard InChI is InChI=1S/C21H29NO/c1-22-11-10-21-9-3-2-4-18(21)20(22)12-16-7-8-17(13-19(16)21)23-14-15-5-6-15/h7-8,13,15,18,20H,2-6,9-12,14H2,1H3/t18-,20-,21+/m0/s1. The van der Waals surface area contributed by atoms with E-state index in [0.29, 0.717) is 5.41 Å². The highest BCUT2D eigenvalue weighted by Crippen LogP contribution is 2.55. The van der Waals surface area contributed by atoms with Crippen LogP contribution in [0.4, 0.5) is 0 Å². The van der Waals surface area contributed by atoms with Gasteiger partial charge in [0.15, 0.2) is 0 Å². The van der Waals surface area contributed by atoms with E-state index in [4.69, 9.17) is 4.74 Å². The van der Waals surface area contributed by atoms with E-state index in [2.05, 4.69) is 30.1 Å². The average molecular weight is 311 g/mol. The summed E-state index contributed by atoms with van der Waals surface area (Å²) in [7, 11) is 2.35. The van der Waals surface area contributed by atoms with E-state index in [0.717, 1.165) is 30.2 Å². The Labute approximate surface area is 140 Å². The molecule has 0 unspecified atom stereocenters. The number of hydrogen-bond acceptors (Lipinski definition) is 2. The van der Waals surface area contributed by atoms with Crippen molar-refractivity contribution >= 4 is 0 Å². The molecule has 3 atom stereocenters. The number of ether oxygens (including phenoxy) is 1. The maximum Gasteiger partial charge on any atom is 0.119 e. The minimum absolute atomic E-state index is 0.460. The number of nitrogens with zero attached hydrogens (tertiary/aromatic N) is 1. The molecule has 124 valence electrons. The zero-order valence-electron chi connectivity index (χ0n) is 14.4. The van der Waals surface area contributed by atoms with Crippen LogP contribution in [0.25, 0.3) is 0 Å². The monoisotopic (exact) mass is 311 g/mol. The van der Waals surface area contributed by atoms with E-state index >= 15 is 0 Å². The van der Waals surface area contributed by atoms with Gasteiger partial charge in [0.1, 0.15) is 5.75 Å². The summed E-state index contributed by atoms with van der Waals surface area (Å²) in [6, 6.07) is 7.83. The van der Waals surface area contributed by atoms with Crippen LogP contribution in [0.1, 0.15) is 56.1 Å². The Morgan fingerprint density at radius 3 is 2.96 bits per heavy atom. The normalized spacial score (nSPS) is 36.2. The molecule has 0 amide bonds. The molecular formula is C21H29NO. The van der Waals surface area contributed by atoms with Gasteiger partial charge in [-0.2, -0.15) is 0 Å². The molecule has 0 aromatic heterocycles. The number of likely N-dealkylation sites (N-methyl/N-ethyl adjacent to an activating group) is 1. The van der Waals surface area contributed by atoms with Gasteiger partial charge < -0.3 is 9.64 Å². The van der Waals surface area contributed by atoms with Gasteiger partial charge >= 0.3 is 0 Å². The Bertz CT molecular complexity index is 608. The smallest absolute Gasteiger partial charge is 0.119 e. The highest BCUT2D eigenvalue weighted by Gasteiger charge is 2.53. The Balaban J connectivity index is 1.53. The van der Waals surface area contributed by atoms with E-state index < -0.39 is 0 Å². The Hall–Kier alpha value is -1.02. The van der Waals surface area contributed by atoms with Crippen LogP contribution in [-0.4, -0.2) is 31.1 Å². The van der Waals surface area contributed by atoms with Crippen LogP contribution >= 0.6 is 0 Å². The van der Waals surface area contributed by atoms with Gasteiger partial charge in [0.2, 0.25) is 0 Å².